The lowest BCUT2D eigenvalue weighted by Gasteiger charge is -2.18. The molecule has 0 aliphatic heterocycles. The highest BCUT2D eigenvalue weighted by atomic mass is 32.2. The fraction of sp³-hybridized carbons (Fsp3) is 0.364. The van der Waals surface area contributed by atoms with Crippen LogP contribution in [-0.4, -0.2) is 25.5 Å². The summed E-state index contributed by atoms with van der Waals surface area (Å²) in [4.78, 5) is 9.99. The normalized spacial score (nSPS) is 13.5. The van der Waals surface area contributed by atoms with E-state index in [0.717, 1.165) is 18.2 Å². The van der Waals surface area contributed by atoms with Crippen LogP contribution in [0.25, 0.3) is 0 Å². The first-order valence-corrected chi connectivity index (χ1v) is 6.84. The standard InChI is InChI=1S/C11H13F2NO4S/c1-6(2)10(11(15)16)14-19(17,18)8-5-3-4-7(12)9(8)13/h3-6,10,14H,1-2H3,(H,15,16). The Balaban J connectivity index is 3.18. The predicted octanol–water partition coefficient (Wildman–Crippen LogP) is 1.35. The molecule has 5 nitrogen and oxygen atoms in total. The summed E-state index contributed by atoms with van der Waals surface area (Å²) in [5.41, 5.74) is 0. The van der Waals surface area contributed by atoms with Crippen molar-refractivity contribution in [1.29, 1.82) is 0 Å². The van der Waals surface area contributed by atoms with Crippen molar-refractivity contribution in [2.45, 2.75) is 24.8 Å². The van der Waals surface area contributed by atoms with Crippen LogP contribution in [0.1, 0.15) is 13.8 Å². The number of carbonyl (C=O) groups is 1. The first-order valence-electron chi connectivity index (χ1n) is 5.36. The summed E-state index contributed by atoms with van der Waals surface area (Å²) < 4.78 is 51.9. The first kappa shape index (κ1) is 15.5. The second-order valence-electron chi connectivity index (χ2n) is 4.23. The molecule has 19 heavy (non-hydrogen) atoms. The monoisotopic (exact) mass is 293 g/mol. The Morgan fingerprint density at radius 1 is 1.32 bits per heavy atom. The van der Waals surface area contributed by atoms with Crippen molar-refractivity contribution in [3.63, 3.8) is 0 Å². The number of carboxylic acid groups (broad SMARTS) is 1. The van der Waals surface area contributed by atoms with E-state index >= 15 is 0 Å². The van der Waals surface area contributed by atoms with E-state index in [1.165, 1.54) is 13.8 Å². The lowest BCUT2D eigenvalue weighted by atomic mass is 10.1. The third kappa shape index (κ3) is 3.48. The summed E-state index contributed by atoms with van der Waals surface area (Å²) in [7, 11) is -4.45. The van der Waals surface area contributed by atoms with Gasteiger partial charge in [0.1, 0.15) is 10.9 Å². The highest BCUT2D eigenvalue weighted by Crippen LogP contribution is 2.18. The molecule has 0 spiro atoms. The number of hydrogen-bond acceptors (Lipinski definition) is 3. The zero-order chi connectivity index (χ0) is 14.8. The van der Waals surface area contributed by atoms with Gasteiger partial charge in [0.15, 0.2) is 11.6 Å². The zero-order valence-corrected chi connectivity index (χ0v) is 11.0. The van der Waals surface area contributed by atoms with E-state index in [-0.39, 0.29) is 0 Å². The highest BCUT2D eigenvalue weighted by Gasteiger charge is 2.30. The fourth-order valence-corrected chi connectivity index (χ4v) is 2.82. The Labute approximate surface area is 109 Å². The van der Waals surface area contributed by atoms with E-state index in [4.69, 9.17) is 5.11 Å². The van der Waals surface area contributed by atoms with Gasteiger partial charge in [0.05, 0.1) is 0 Å². The van der Waals surface area contributed by atoms with Crippen LogP contribution in [-0.2, 0) is 14.8 Å². The number of sulfonamides is 1. The average Bonchev–Trinajstić information content (AvgIpc) is 2.28. The van der Waals surface area contributed by atoms with E-state index < -0.39 is 44.5 Å². The minimum atomic E-state index is -4.45. The van der Waals surface area contributed by atoms with Gasteiger partial charge >= 0.3 is 5.97 Å². The maximum absolute atomic E-state index is 13.4. The molecule has 0 fully saturated rings. The Hall–Kier alpha value is -1.54. The molecule has 0 heterocycles. The number of aliphatic carboxylic acids is 1. The summed E-state index contributed by atoms with van der Waals surface area (Å²) in [5.74, 6) is -4.80. The molecule has 2 N–H and O–H groups in total. The molecule has 1 aromatic carbocycles. The Morgan fingerprint density at radius 2 is 1.89 bits per heavy atom. The Bertz CT molecular complexity index is 586. The van der Waals surface area contributed by atoms with Gasteiger partial charge in [0.2, 0.25) is 10.0 Å². The summed E-state index contributed by atoms with van der Waals surface area (Å²) >= 11 is 0. The molecule has 1 aromatic rings. The molecular formula is C11H13F2NO4S. The van der Waals surface area contributed by atoms with E-state index in [0.29, 0.717) is 0 Å². The minimum Gasteiger partial charge on any atom is -0.480 e. The third-order valence-electron chi connectivity index (χ3n) is 2.42. The summed E-state index contributed by atoms with van der Waals surface area (Å²) in [6, 6.07) is 1.23. The lowest BCUT2D eigenvalue weighted by molar-refractivity contribution is -0.140. The number of nitrogens with one attached hydrogen (secondary N) is 1. The zero-order valence-electron chi connectivity index (χ0n) is 10.2. The second-order valence-corrected chi connectivity index (χ2v) is 5.92. The van der Waals surface area contributed by atoms with Crippen LogP contribution in [0, 0.1) is 17.6 Å². The SMILES string of the molecule is CC(C)C(NS(=O)(=O)c1cccc(F)c1F)C(=O)O. The van der Waals surface area contributed by atoms with E-state index in [1.54, 1.807) is 0 Å². The largest absolute Gasteiger partial charge is 0.480 e. The van der Waals surface area contributed by atoms with Crippen LogP contribution in [0.2, 0.25) is 0 Å². The molecular weight excluding hydrogens is 280 g/mol. The van der Waals surface area contributed by atoms with Crippen molar-refractivity contribution in [3.05, 3.63) is 29.8 Å². The first-order chi connectivity index (χ1) is 8.66. The van der Waals surface area contributed by atoms with Gasteiger partial charge in [0, 0.05) is 0 Å². The van der Waals surface area contributed by atoms with Crippen LogP contribution in [0.5, 0.6) is 0 Å². The molecule has 0 aliphatic carbocycles. The van der Waals surface area contributed by atoms with Crippen LogP contribution in [0.3, 0.4) is 0 Å². The smallest absolute Gasteiger partial charge is 0.322 e. The maximum Gasteiger partial charge on any atom is 0.322 e. The molecule has 0 saturated heterocycles. The van der Waals surface area contributed by atoms with Gasteiger partial charge in [-0.2, -0.15) is 4.72 Å². The molecule has 8 heteroatoms. The van der Waals surface area contributed by atoms with Crippen LogP contribution in [0.4, 0.5) is 8.78 Å². The van der Waals surface area contributed by atoms with Gasteiger partial charge in [-0.25, -0.2) is 17.2 Å². The van der Waals surface area contributed by atoms with E-state index in [2.05, 4.69) is 0 Å². The number of carboxylic acids is 1. The highest BCUT2D eigenvalue weighted by molar-refractivity contribution is 7.89. The molecule has 0 amide bonds. The maximum atomic E-state index is 13.4. The number of rotatable bonds is 5. The minimum absolute atomic E-state index is 0.552. The van der Waals surface area contributed by atoms with Gasteiger partial charge < -0.3 is 5.11 Å². The van der Waals surface area contributed by atoms with Gasteiger partial charge in [-0.15, -0.1) is 0 Å². The number of benzene rings is 1. The average molecular weight is 293 g/mol. The van der Waals surface area contributed by atoms with Crippen molar-refractivity contribution in [2.24, 2.45) is 5.92 Å². The summed E-state index contributed by atoms with van der Waals surface area (Å²) in [6.45, 7) is 2.98. The molecule has 0 radical (unpaired) electrons. The van der Waals surface area contributed by atoms with Crippen molar-refractivity contribution in [1.82, 2.24) is 4.72 Å². The van der Waals surface area contributed by atoms with Crippen molar-refractivity contribution < 1.29 is 27.1 Å². The van der Waals surface area contributed by atoms with Gasteiger partial charge in [-0.05, 0) is 18.1 Å². The molecule has 1 atom stereocenters. The Morgan fingerprint density at radius 3 is 2.37 bits per heavy atom. The molecule has 106 valence electrons. The molecule has 0 saturated carbocycles. The number of halogens is 2. The van der Waals surface area contributed by atoms with Gasteiger partial charge in [-0.1, -0.05) is 19.9 Å². The van der Waals surface area contributed by atoms with Gasteiger partial charge in [0.25, 0.3) is 0 Å². The molecule has 0 bridgehead atoms. The summed E-state index contributed by atoms with van der Waals surface area (Å²) in [5, 5.41) is 8.88. The van der Waals surface area contributed by atoms with E-state index in [1.807, 2.05) is 4.72 Å². The topological polar surface area (TPSA) is 83.5 Å². The number of hydrogen-bond donors (Lipinski definition) is 2. The van der Waals surface area contributed by atoms with Crippen molar-refractivity contribution in [3.8, 4) is 0 Å². The quantitative estimate of drug-likeness (QED) is 0.858. The van der Waals surface area contributed by atoms with Gasteiger partial charge in [-0.3, -0.25) is 4.79 Å². The predicted molar refractivity (Wildman–Crippen MR) is 62.9 cm³/mol. The van der Waals surface area contributed by atoms with Crippen LogP contribution < -0.4 is 4.72 Å². The Kier molecular flexibility index (Phi) is 4.59. The van der Waals surface area contributed by atoms with E-state index in [9.17, 15) is 22.0 Å². The molecule has 1 unspecified atom stereocenters. The second kappa shape index (κ2) is 5.62. The summed E-state index contributed by atoms with van der Waals surface area (Å²) in [6.07, 6.45) is 0. The van der Waals surface area contributed by atoms with Crippen molar-refractivity contribution >= 4 is 16.0 Å². The molecule has 1 rings (SSSR count). The third-order valence-corrected chi connectivity index (χ3v) is 3.88. The van der Waals surface area contributed by atoms with Crippen LogP contribution in [0.15, 0.2) is 23.1 Å². The lowest BCUT2D eigenvalue weighted by Crippen LogP contribution is -2.44. The van der Waals surface area contributed by atoms with Crippen LogP contribution >= 0.6 is 0 Å². The fourth-order valence-electron chi connectivity index (χ4n) is 1.39. The molecule has 0 aromatic heterocycles. The molecule has 0 aliphatic rings. The van der Waals surface area contributed by atoms with Crippen molar-refractivity contribution in [2.75, 3.05) is 0 Å².